The molecule has 0 spiro atoms. The summed E-state index contributed by atoms with van der Waals surface area (Å²) in [7, 11) is 0. The van der Waals surface area contributed by atoms with Gasteiger partial charge in [-0.05, 0) is 38.3 Å². The molecule has 0 heterocycles. The highest BCUT2D eigenvalue weighted by Crippen LogP contribution is 2.31. The molecule has 0 aromatic carbocycles. The van der Waals surface area contributed by atoms with Gasteiger partial charge in [0.15, 0.2) is 0 Å². The van der Waals surface area contributed by atoms with E-state index in [1.54, 1.807) is 0 Å². The fraction of sp³-hybridized carbons (Fsp3) is 0.714. The summed E-state index contributed by atoms with van der Waals surface area (Å²) in [5, 5.41) is 3.53. The van der Waals surface area contributed by atoms with Crippen LogP contribution < -0.4 is 5.32 Å². The molecule has 16 heavy (non-hydrogen) atoms. The van der Waals surface area contributed by atoms with Crippen molar-refractivity contribution in [2.45, 2.75) is 32.2 Å². The molecule has 0 saturated heterocycles. The van der Waals surface area contributed by atoms with Crippen LogP contribution in [-0.2, 0) is 0 Å². The molecular formula is C14H26N2. The molecule has 2 atom stereocenters. The molecule has 2 nitrogen and oxygen atoms in total. The van der Waals surface area contributed by atoms with Gasteiger partial charge < -0.3 is 5.32 Å². The lowest BCUT2D eigenvalue weighted by Crippen LogP contribution is -2.50. The maximum Gasteiger partial charge on any atom is 0.0166 e. The van der Waals surface area contributed by atoms with Gasteiger partial charge in [0.05, 0.1) is 0 Å². The molecule has 0 aromatic heterocycles. The van der Waals surface area contributed by atoms with Gasteiger partial charge in [0.2, 0.25) is 0 Å². The maximum atomic E-state index is 3.83. The first kappa shape index (κ1) is 13.5. The van der Waals surface area contributed by atoms with Crippen LogP contribution in [0.1, 0.15) is 26.2 Å². The summed E-state index contributed by atoms with van der Waals surface area (Å²) in [5.41, 5.74) is 0. The van der Waals surface area contributed by atoms with Gasteiger partial charge in [-0.1, -0.05) is 19.1 Å². The summed E-state index contributed by atoms with van der Waals surface area (Å²) in [6.07, 6.45) is 7.92. The van der Waals surface area contributed by atoms with Crippen molar-refractivity contribution >= 4 is 0 Å². The predicted octanol–water partition coefficient (Wildman–Crippen LogP) is 2.44. The van der Waals surface area contributed by atoms with Crippen molar-refractivity contribution < 1.29 is 0 Å². The van der Waals surface area contributed by atoms with Gasteiger partial charge in [-0.3, -0.25) is 4.90 Å². The lowest BCUT2D eigenvalue weighted by atomic mass is 9.78. The Morgan fingerprint density at radius 1 is 1.25 bits per heavy atom. The highest BCUT2D eigenvalue weighted by molar-refractivity contribution is 4.94. The highest BCUT2D eigenvalue weighted by Gasteiger charge is 2.33. The molecule has 0 radical (unpaired) electrons. The Morgan fingerprint density at radius 3 is 2.38 bits per heavy atom. The standard InChI is InChI=1S/C14H26N2/c1-4-9-15-12-13-7-8-14(13)16(10-5-2)11-6-3/h5-6,13-15H,2-4,7-12H2,1H3. The first-order valence-corrected chi connectivity index (χ1v) is 6.50. The zero-order valence-electron chi connectivity index (χ0n) is 10.6. The zero-order chi connectivity index (χ0) is 11.8. The van der Waals surface area contributed by atoms with Crippen LogP contribution >= 0.6 is 0 Å². The summed E-state index contributed by atoms with van der Waals surface area (Å²) in [6.45, 7) is 14.2. The van der Waals surface area contributed by atoms with Crippen molar-refractivity contribution in [3.8, 4) is 0 Å². The van der Waals surface area contributed by atoms with E-state index in [0.29, 0.717) is 0 Å². The van der Waals surface area contributed by atoms with Crippen molar-refractivity contribution in [1.82, 2.24) is 10.2 Å². The average Bonchev–Trinajstić information content (AvgIpc) is 2.23. The number of hydrogen-bond donors (Lipinski definition) is 1. The molecule has 1 N–H and O–H groups in total. The van der Waals surface area contributed by atoms with Crippen LogP contribution in [0.15, 0.2) is 25.3 Å². The molecule has 0 amide bonds. The molecule has 1 aliphatic rings. The molecule has 2 heteroatoms. The normalized spacial score (nSPS) is 24.1. The molecule has 1 fully saturated rings. The third-order valence-electron chi connectivity index (χ3n) is 3.41. The van der Waals surface area contributed by atoms with Crippen molar-refractivity contribution in [2.24, 2.45) is 5.92 Å². The van der Waals surface area contributed by atoms with Gasteiger partial charge in [-0.2, -0.15) is 0 Å². The van der Waals surface area contributed by atoms with E-state index in [2.05, 4.69) is 30.3 Å². The van der Waals surface area contributed by atoms with Crippen molar-refractivity contribution in [1.29, 1.82) is 0 Å². The third kappa shape index (κ3) is 3.76. The summed E-state index contributed by atoms with van der Waals surface area (Å²) < 4.78 is 0. The van der Waals surface area contributed by atoms with Crippen molar-refractivity contribution in [3.05, 3.63) is 25.3 Å². The van der Waals surface area contributed by atoms with E-state index < -0.39 is 0 Å². The van der Waals surface area contributed by atoms with Crippen LogP contribution in [0.2, 0.25) is 0 Å². The van der Waals surface area contributed by atoms with Crippen LogP contribution in [0.3, 0.4) is 0 Å². The summed E-state index contributed by atoms with van der Waals surface area (Å²) in [6, 6.07) is 0.736. The van der Waals surface area contributed by atoms with Gasteiger partial charge in [-0.15, -0.1) is 13.2 Å². The lowest BCUT2D eigenvalue weighted by molar-refractivity contribution is 0.0814. The second kappa shape index (κ2) is 7.64. The highest BCUT2D eigenvalue weighted by atomic mass is 15.2. The van der Waals surface area contributed by atoms with E-state index in [9.17, 15) is 0 Å². The number of hydrogen-bond acceptors (Lipinski definition) is 2. The minimum absolute atomic E-state index is 0.736. The van der Waals surface area contributed by atoms with E-state index in [-0.39, 0.29) is 0 Å². The van der Waals surface area contributed by atoms with E-state index in [4.69, 9.17) is 0 Å². The molecule has 0 aliphatic heterocycles. The molecule has 1 saturated carbocycles. The topological polar surface area (TPSA) is 15.3 Å². The van der Waals surface area contributed by atoms with Crippen LogP contribution in [0.4, 0.5) is 0 Å². The fourth-order valence-electron chi connectivity index (χ4n) is 2.41. The molecule has 92 valence electrons. The minimum Gasteiger partial charge on any atom is -0.316 e. The van der Waals surface area contributed by atoms with Gasteiger partial charge in [0, 0.05) is 19.1 Å². The minimum atomic E-state index is 0.736. The summed E-state index contributed by atoms with van der Waals surface area (Å²) >= 11 is 0. The summed E-state index contributed by atoms with van der Waals surface area (Å²) in [4.78, 5) is 2.49. The molecule has 0 bridgehead atoms. The zero-order valence-corrected chi connectivity index (χ0v) is 10.6. The Morgan fingerprint density at radius 2 is 1.94 bits per heavy atom. The lowest BCUT2D eigenvalue weighted by Gasteiger charge is -2.44. The third-order valence-corrected chi connectivity index (χ3v) is 3.41. The fourth-order valence-corrected chi connectivity index (χ4v) is 2.41. The van der Waals surface area contributed by atoms with Crippen LogP contribution in [-0.4, -0.2) is 37.1 Å². The monoisotopic (exact) mass is 222 g/mol. The Hall–Kier alpha value is -0.600. The smallest absolute Gasteiger partial charge is 0.0166 e. The number of rotatable bonds is 9. The maximum absolute atomic E-state index is 3.83. The van der Waals surface area contributed by atoms with Crippen LogP contribution in [0, 0.1) is 5.92 Å². The van der Waals surface area contributed by atoms with E-state index in [0.717, 1.165) is 31.6 Å². The largest absolute Gasteiger partial charge is 0.316 e. The number of nitrogens with one attached hydrogen (secondary N) is 1. The van der Waals surface area contributed by atoms with Crippen LogP contribution in [0.25, 0.3) is 0 Å². The SMILES string of the molecule is C=CCN(CC=C)C1CCC1CNCCC. The van der Waals surface area contributed by atoms with Gasteiger partial charge in [0.1, 0.15) is 0 Å². The van der Waals surface area contributed by atoms with E-state index in [1.807, 2.05) is 12.2 Å². The Bertz CT molecular complexity index is 203. The quantitative estimate of drug-likeness (QED) is 0.476. The van der Waals surface area contributed by atoms with Crippen molar-refractivity contribution in [2.75, 3.05) is 26.2 Å². The Labute approximate surface area is 100 Å². The van der Waals surface area contributed by atoms with Crippen molar-refractivity contribution in [3.63, 3.8) is 0 Å². The van der Waals surface area contributed by atoms with E-state index in [1.165, 1.54) is 25.8 Å². The van der Waals surface area contributed by atoms with Gasteiger partial charge in [0.25, 0.3) is 0 Å². The number of nitrogens with zero attached hydrogens (tertiary/aromatic N) is 1. The predicted molar refractivity (Wildman–Crippen MR) is 71.6 cm³/mol. The van der Waals surface area contributed by atoms with Crippen LogP contribution in [0.5, 0.6) is 0 Å². The first-order valence-electron chi connectivity index (χ1n) is 6.50. The first-order chi connectivity index (χ1) is 7.83. The molecule has 1 aliphatic carbocycles. The average molecular weight is 222 g/mol. The molecule has 0 aromatic rings. The molecular weight excluding hydrogens is 196 g/mol. The van der Waals surface area contributed by atoms with Gasteiger partial charge >= 0.3 is 0 Å². The second-order valence-electron chi connectivity index (χ2n) is 4.64. The van der Waals surface area contributed by atoms with Gasteiger partial charge in [-0.25, -0.2) is 0 Å². The molecule has 1 rings (SSSR count). The molecule has 2 unspecified atom stereocenters. The Kier molecular flexibility index (Phi) is 6.43. The van der Waals surface area contributed by atoms with E-state index >= 15 is 0 Å². The Balaban J connectivity index is 2.32. The second-order valence-corrected chi connectivity index (χ2v) is 4.64. The summed E-state index contributed by atoms with van der Waals surface area (Å²) in [5.74, 6) is 0.825.